The van der Waals surface area contributed by atoms with Gasteiger partial charge in [-0.15, -0.1) is 0 Å². The van der Waals surface area contributed by atoms with Crippen LogP contribution in [0.25, 0.3) is 0 Å². The minimum atomic E-state index is -0.548. The van der Waals surface area contributed by atoms with Crippen LogP contribution in [0.2, 0.25) is 0 Å². The molecule has 5 aromatic rings. The van der Waals surface area contributed by atoms with Crippen molar-refractivity contribution in [1.29, 1.82) is 0 Å². The fourth-order valence-electron chi connectivity index (χ4n) is 7.27. The van der Waals surface area contributed by atoms with Crippen LogP contribution in [0.4, 0.5) is 0 Å². The number of carbonyl (C=O) groups excluding carboxylic acids is 9. The molecule has 0 unspecified atom stereocenters. The van der Waals surface area contributed by atoms with Crippen molar-refractivity contribution >= 4 is 53.5 Å². The molecular weight excluding hydrogens is 1030 g/mol. The number of hydrogen-bond donors (Lipinski definition) is 0. The van der Waals surface area contributed by atoms with Gasteiger partial charge in [-0.2, -0.15) is 0 Å². The van der Waals surface area contributed by atoms with Gasteiger partial charge in [0.1, 0.15) is 59.0 Å². The summed E-state index contributed by atoms with van der Waals surface area (Å²) in [5.74, 6) is 0.000736. The summed E-state index contributed by atoms with van der Waals surface area (Å²) in [4.78, 5) is 102. The van der Waals surface area contributed by atoms with Crippen molar-refractivity contribution < 1.29 is 85.8 Å². The lowest BCUT2D eigenvalue weighted by Crippen LogP contribution is -2.10. The molecule has 0 atom stereocenters. The molecule has 1 aliphatic carbocycles. The summed E-state index contributed by atoms with van der Waals surface area (Å²) in [5, 5.41) is 0. The Hall–Kier alpha value is -10.2. The Balaban J connectivity index is 0.000000161. The second kappa shape index (κ2) is 26.7. The van der Waals surface area contributed by atoms with E-state index in [2.05, 4.69) is 32.9 Å². The summed E-state index contributed by atoms with van der Waals surface area (Å²) in [5.41, 5.74) is 7.24. The summed E-state index contributed by atoms with van der Waals surface area (Å²) in [6.07, 6.45) is 5.71. The maximum Gasteiger partial charge on any atom is 0.342 e. The molecule has 0 saturated heterocycles. The Morgan fingerprint density at radius 3 is 1.56 bits per heavy atom. The first-order chi connectivity index (χ1) is 38.0. The van der Waals surface area contributed by atoms with E-state index in [0.717, 1.165) is 40.0 Å². The molecule has 410 valence electrons. The van der Waals surface area contributed by atoms with E-state index in [9.17, 15) is 43.2 Å². The first kappa shape index (κ1) is 59.0. The smallest absolute Gasteiger partial charge is 0.342 e. The number of esters is 8. The molecule has 0 radical (unpaired) electrons. The van der Waals surface area contributed by atoms with E-state index in [1.165, 1.54) is 0 Å². The molecule has 5 aromatic carbocycles. The summed E-state index contributed by atoms with van der Waals surface area (Å²) >= 11 is 0. The molecule has 0 fully saturated rings. The van der Waals surface area contributed by atoms with Crippen molar-refractivity contribution in [3.05, 3.63) is 209 Å². The quantitative estimate of drug-likeness (QED) is 0.0718. The molecular formula is C62H54O18. The average molecular weight is 1090 g/mol. The minimum Gasteiger partial charge on any atom is -0.465 e. The second-order valence-electron chi connectivity index (χ2n) is 18.2. The van der Waals surface area contributed by atoms with E-state index in [1.807, 2.05) is 6.08 Å². The van der Waals surface area contributed by atoms with Gasteiger partial charge in [-0.05, 0) is 120 Å². The Bertz CT molecular complexity index is 3420. The van der Waals surface area contributed by atoms with Gasteiger partial charge >= 0.3 is 47.8 Å². The number of carbonyl (C=O) groups is 9. The maximum absolute atomic E-state index is 11.5. The third-order valence-corrected chi connectivity index (χ3v) is 11.4. The third kappa shape index (κ3) is 15.7. The molecule has 0 amide bonds. The zero-order valence-corrected chi connectivity index (χ0v) is 44.4. The number of fused-ring (bicyclic) bond motifs is 5. The van der Waals surface area contributed by atoms with Crippen LogP contribution in [0.1, 0.15) is 99.9 Å². The molecule has 5 aliphatic rings. The lowest BCUT2D eigenvalue weighted by atomic mass is 10.1. The lowest BCUT2D eigenvalue weighted by molar-refractivity contribution is -0.132. The van der Waals surface area contributed by atoms with Crippen LogP contribution in [-0.4, -0.2) is 53.5 Å². The summed E-state index contributed by atoms with van der Waals surface area (Å²) in [6.45, 7) is 25.8. The van der Waals surface area contributed by atoms with Gasteiger partial charge in [0.2, 0.25) is 0 Å². The number of hydrogen-bond acceptors (Lipinski definition) is 18. The van der Waals surface area contributed by atoms with Crippen LogP contribution in [0.5, 0.6) is 40.2 Å². The van der Waals surface area contributed by atoms with Crippen molar-refractivity contribution in [2.45, 2.75) is 73.5 Å². The molecule has 0 aromatic heterocycles. The fraction of sp³-hybridized carbons (Fsp3) is 0.177. The summed E-state index contributed by atoms with van der Waals surface area (Å²) in [7, 11) is 0. The monoisotopic (exact) mass is 1090 g/mol. The molecule has 18 heteroatoms. The van der Waals surface area contributed by atoms with E-state index in [0.29, 0.717) is 80.6 Å². The highest BCUT2D eigenvalue weighted by Crippen LogP contribution is 2.33. The Morgan fingerprint density at radius 1 is 0.475 bits per heavy atom. The van der Waals surface area contributed by atoms with Crippen molar-refractivity contribution in [2.24, 2.45) is 0 Å². The van der Waals surface area contributed by atoms with Crippen LogP contribution < -0.4 is 33.2 Å². The molecule has 0 spiro atoms. The number of ketones is 1. The highest BCUT2D eigenvalue weighted by atomic mass is 16.6. The topological polar surface area (TPSA) is 237 Å². The molecule has 0 saturated carbocycles. The van der Waals surface area contributed by atoms with Gasteiger partial charge in [-0.1, -0.05) is 57.2 Å². The number of cyclic esters (lactones) is 2. The average Bonchev–Trinajstić information content (AvgIpc) is 4.21. The molecule has 0 N–H and O–H groups in total. The van der Waals surface area contributed by atoms with E-state index < -0.39 is 35.8 Å². The van der Waals surface area contributed by atoms with Crippen LogP contribution in [0.15, 0.2) is 164 Å². The number of rotatable bonds is 10. The number of allylic oxidation sites excluding steroid dienone is 1. The minimum absolute atomic E-state index is 0.114. The van der Waals surface area contributed by atoms with Crippen LogP contribution >= 0.6 is 0 Å². The van der Waals surface area contributed by atoms with Gasteiger partial charge in [0, 0.05) is 67.7 Å². The first-order valence-corrected chi connectivity index (χ1v) is 24.4. The van der Waals surface area contributed by atoms with Gasteiger partial charge in [-0.25, -0.2) is 33.6 Å². The molecule has 18 nitrogen and oxygen atoms in total. The third-order valence-electron chi connectivity index (χ3n) is 11.4. The van der Waals surface area contributed by atoms with Crippen molar-refractivity contribution in [2.75, 3.05) is 0 Å². The van der Waals surface area contributed by atoms with Gasteiger partial charge < -0.3 is 42.6 Å². The van der Waals surface area contributed by atoms with Gasteiger partial charge in [-0.3, -0.25) is 9.59 Å². The van der Waals surface area contributed by atoms with E-state index in [-0.39, 0.29) is 48.7 Å². The molecule has 80 heavy (non-hydrogen) atoms. The zero-order valence-electron chi connectivity index (χ0n) is 44.4. The van der Waals surface area contributed by atoms with Crippen molar-refractivity contribution in [3.63, 3.8) is 0 Å². The first-order valence-electron chi connectivity index (χ1n) is 24.4. The summed E-state index contributed by atoms with van der Waals surface area (Å²) < 4.78 is 45.3. The maximum atomic E-state index is 11.5. The van der Waals surface area contributed by atoms with Gasteiger partial charge in [0.05, 0.1) is 18.2 Å². The van der Waals surface area contributed by atoms with E-state index in [4.69, 9.17) is 42.6 Å². The predicted molar refractivity (Wildman–Crippen MR) is 288 cm³/mol. The number of ether oxygens (including phenoxy) is 9. The zero-order chi connectivity index (χ0) is 58.4. The van der Waals surface area contributed by atoms with Crippen molar-refractivity contribution in [1.82, 2.24) is 0 Å². The van der Waals surface area contributed by atoms with Crippen LogP contribution in [0, 0.1) is 0 Å². The molecule has 10 rings (SSSR count). The largest absolute Gasteiger partial charge is 0.465 e. The Labute approximate surface area is 460 Å². The van der Waals surface area contributed by atoms with Gasteiger partial charge in [0.15, 0.2) is 5.78 Å². The highest BCUT2D eigenvalue weighted by Gasteiger charge is 2.28. The van der Waals surface area contributed by atoms with Crippen molar-refractivity contribution in [3.8, 4) is 40.2 Å². The Kier molecular flexibility index (Phi) is 19.7. The molecule has 0 bridgehead atoms. The predicted octanol–water partition coefficient (Wildman–Crippen LogP) is 10.2. The van der Waals surface area contributed by atoms with E-state index in [1.54, 1.807) is 132 Å². The fourth-order valence-corrected chi connectivity index (χ4v) is 7.27. The van der Waals surface area contributed by atoms with E-state index >= 15 is 0 Å². The number of benzene rings is 5. The number of Topliss-reactive ketones (excluding diaryl/α,β-unsaturated/α-hetero) is 1. The highest BCUT2D eigenvalue weighted by molar-refractivity contribution is 6.02. The Morgan fingerprint density at radius 2 is 0.963 bits per heavy atom. The van der Waals surface area contributed by atoms with Gasteiger partial charge in [0.25, 0.3) is 0 Å². The molecule has 4 heterocycles. The SMILES string of the molecule is C=C(C)C(=O)Oc1ccc2c(c1)CC(=O)O2.C=C(C)C(=O)Oc1ccc2c(c1)CC=CO2.C=C(C)C(=O)Oc1ccc2c(c1)COC2=O.C=C(C)C(=O)Oc1cccc2c1C(=O)OC2.C=C(C)C(=O)Oc1cccc2c1CCC2=O. The summed E-state index contributed by atoms with van der Waals surface area (Å²) in [6, 6.07) is 25.1. The normalized spacial score (nSPS) is 13.0. The van der Waals surface area contributed by atoms with Crippen LogP contribution in [0.3, 0.4) is 0 Å². The standard InChI is InChI=1S/2C13H12O3.3C12H10O4/c1-9(2)13(14)16-11-5-6-12-10(8-11)4-3-7-15-12;1-8(2)13(15)16-12-5-3-4-9-10(12)6-7-11(9)14;1-7(2)11(13)16-9-3-4-10-8(5-9)6-15-12(10)14;1-7(2)12(14)15-9-3-4-10-8(5-9)6-11(13)16-10;1-7(2)11(13)16-9-5-3-4-8-6-15-12(14)10(8)9/h3,5-8H,1,4H2,2H3;3-5H,1,6-7H2,2H3;3*3-5H,1,6H2,2H3. The lowest BCUT2D eigenvalue weighted by Gasteiger charge is -2.12. The molecule has 4 aliphatic heterocycles. The van der Waals surface area contributed by atoms with Crippen LogP contribution in [-0.2, 0) is 70.7 Å². The second-order valence-corrected chi connectivity index (χ2v) is 18.2.